The van der Waals surface area contributed by atoms with Crippen molar-refractivity contribution in [2.75, 3.05) is 4.90 Å². The summed E-state index contributed by atoms with van der Waals surface area (Å²) in [5.41, 5.74) is 10.5. The molecular formula is C48H39N. The highest BCUT2D eigenvalue weighted by Crippen LogP contribution is 2.40. The van der Waals surface area contributed by atoms with Gasteiger partial charge in [0, 0.05) is 23.0 Å². The van der Waals surface area contributed by atoms with E-state index in [1.165, 1.54) is 77.2 Å². The molecule has 0 aliphatic heterocycles. The van der Waals surface area contributed by atoms with Crippen LogP contribution >= 0.6 is 0 Å². The van der Waals surface area contributed by atoms with E-state index in [4.69, 9.17) is 0 Å². The van der Waals surface area contributed by atoms with Gasteiger partial charge in [-0.2, -0.15) is 0 Å². The Bertz CT molecular complexity index is 2360. The smallest absolute Gasteiger partial charge is 0.0458 e. The zero-order chi connectivity index (χ0) is 32.6. The molecule has 236 valence electrons. The lowest BCUT2D eigenvalue weighted by molar-refractivity contribution is 0.846. The minimum atomic E-state index is 0.445. The van der Waals surface area contributed by atoms with Crippen molar-refractivity contribution in [3.05, 3.63) is 192 Å². The van der Waals surface area contributed by atoms with Crippen LogP contribution in [0.2, 0.25) is 0 Å². The Morgan fingerprint density at radius 1 is 0.469 bits per heavy atom. The van der Waals surface area contributed by atoms with E-state index in [2.05, 4.69) is 175 Å². The maximum Gasteiger partial charge on any atom is 0.0458 e. The summed E-state index contributed by atoms with van der Waals surface area (Å²) in [6.45, 7) is 0. The van der Waals surface area contributed by atoms with Crippen LogP contribution < -0.4 is 4.90 Å². The fourth-order valence-corrected chi connectivity index (χ4v) is 8.02. The van der Waals surface area contributed by atoms with Gasteiger partial charge >= 0.3 is 0 Å². The summed E-state index contributed by atoms with van der Waals surface area (Å²) < 4.78 is 0. The summed E-state index contributed by atoms with van der Waals surface area (Å²) in [4.78, 5) is 2.46. The number of hydrogen-bond donors (Lipinski definition) is 0. The molecule has 3 aliphatic carbocycles. The Kier molecular flexibility index (Phi) is 7.67. The van der Waals surface area contributed by atoms with E-state index in [0.717, 1.165) is 32.1 Å². The first-order valence-corrected chi connectivity index (χ1v) is 17.7. The normalized spacial score (nSPS) is 17.3. The lowest BCUT2D eigenvalue weighted by atomic mass is 9.90. The highest BCUT2D eigenvalue weighted by molar-refractivity contribution is 6.25. The van der Waals surface area contributed by atoms with Gasteiger partial charge in [-0.05, 0) is 129 Å². The predicted octanol–water partition coefficient (Wildman–Crippen LogP) is 13.4. The van der Waals surface area contributed by atoms with Crippen molar-refractivity contribution in [2.24, 2.45) is 0 Å². The van der Waals surface area contributed by atoms with Gasteiger partial charge in [0.15, 0.2) is 0 Å². The first-order chi connectivity index (χ1) is 24.3. The molecule has 9 rings (SSSR count). The molecule has 0 amide bonds. The third kappa shape index (κ3) is 5.56. The summed E-state index contributed by atoms with van der Waals surface area (Å²) in [7, 11) is 0. The molecule has 0 spiro atoms. The van der Waals surface area contributed by atoms with Crippen molar-refractivity contribution in [2.45, 2.75) is 38.0 Å². The maximum absolute atomic E-state index is 2.46. The Labute approximate surface area is 289 Å². The summed E-state index contributed by atoms with van der Waals surface area (Å²) in [5.74, 6) is 0.445. The first-order valence-electron chi connectivity index (χ1n) is 17.7. The minimum absolute atomic E-state index is 0.445. The molecule has 1 nitrogen and oxygen atoms in total. The average Bonchev–Trinajstić information content (AvgIpc) is 3.19. The largest absolute Gasteiger partial charge is 0.314 e. The Hall–Kier alpha value is -5.66. The molecule has 6 aromatic rings. The molecule has 0 radical (unpaired) electrons. The molecule has 49 heavy (non-hydrogen) atoms. The molecule has 0 saturated heterocycles. The summed E-state index contributed by atoms with van der Waals surface area (Å²) in [5, 5.41) is 7.85. The quantitative estimate of drug-likeness (QED) is 0.166. The zero-order valence-corrected chi connectivity index (χ0v) is 27.7. The summed E-state index contributed by atoms with van der Waals surface area (Å²) >= 11 is 0. The first kappa shape index (κ1) is 29.5. The molecule has 0 bridgehead atoms. The van der Waals surface area contributed by atoms with Crippen LogP contribution in [0.3, 0.4) is 0 Å². The van der Waals surface area contributed by atoms with Gasteiger partial charge in [-0.15, -0.1) is 0 Å². The lowest BCUT2D eigenvalue weighted by Crippen LogP contribution is -2.18. The third-order valence-corrected chi connectivity index (χ3v) is 10.6. The van der Waals surface area contributed by atoms with Gasteiger partial charge in [0.05, 0.1) is 0 Å². The number of fused-ring (bicyclic) bond motifs is 6. The average molecular weight is 630 g/mol. The summed E-state index contributed by atoms with van der Waals surface area (Å²) in [6, 6.07) is 43.0. The van der Waals surface area contributed by atoms with Crippen LogP contribution in [0.15, 0.2) is 187 Å². The second-order valence-corrected chi connectivity index (χ2v) is 13.5. The van der Waals surface area contributed by atoms with Gasteiger partial charge in [0.1, 0.15) is 0 Å². The van der Waals surface area contributed by atoms with E-state index >= 15 is 0 Å². The number of allylic oxidation sites excluding steroid dienone is 12. The molecule has 0 saturated carbocycles. The maximum atomic E-state index is 2.46. The highest BCUT2D eigenvalue weighted by atomic mass is 15.1. The lowest BCUT2D eigenvalue weighted by Gasteiger charge is -2.31. The molecule has 0 aromatic heterocycles. The standard InChI is InChI=1S/C48H39N/c1-3-11-34(12-4-1)36-19-26-40(27-20-36)49(41-28-21-37(22-29-41)35-13-5-2-6-14-35)42-30-23-38(24-31-42)39-25-32-47-45-17-8-7-15-43(45)44-16-9-10-18-46(44)48(47)33-39/h1-5,7-11,13,15-21,23-28,30-34H,6,12,14,22,29H2. The van der Waals surface area contributed by atoms with Crippen LogP contribution in [-0.2, 0) is 0 Å². The van der Waals surface area contributed by atoms with Crippen molar-refractivity contribution in [3.63, 3.8) is 0 Å². The van der Waals surface area contributed by atoms with Crippen LogP contribution in [0, 0.1) is 0 Å². The molecule has 1 atom stereocenters. The van der Waals surface area contributed by atoms with E-state index in [0.29, 0.717) is 5.92 Å². The van der Waals surface area contributed by atoms with Crippen LogP contribution in [0.4, 0.5) is 11.4 Å². The van der Waals surface area contributed by atoms with Gasteiger partial charge < -0.3 is 4.90 Å². The SMILES string of the molecule is C1=CCCC(C2=CC=C(N(c3ccc(-c4ccc5c6ccccc6c6ccccc6c5c4)cc3)c3ccc(C4C=CC=CC4)cc3)CC2)=C1. The van der Waals surface area contributed by atoms with Gasteiger partial charge in [0.25, 0.3) is 0 Å². The fraction of sp³-hybridized carbons (Fsp3) is 0.125. The molecule has 1 unspecified atom stereocenters. The van der Waals surface area contributed by atoms with E-state index in [9.17, 15) is 0 Å². The highest BCUT2D eigenvalue weighted by Gasteiger charge is 2.20. The van der Waals surface area contributed by atoms with E-state index in [1.54, 1.807) is 0 Å². The number of anilines is 2. The Morgan fingerprint density at radius 3 is 1.71 bits per heavy atom. The van der Waals surface area contributed by atoms with Gasteiger partial charge in [0.2, 0.25) is 0 Å². The molecular weight excluding hydrogens is 591 g/mol. The third-order valence-electron chi connectivity index (χ3n) is 10.6. The van der Waals surface area contributed by atoms with Crippen LogP contribution in [0.1, 0.15) is 43.6 Å². The number of nitrogens with zero attached hydrogens (tertiary/aromatic N) is 1. The minimum Gasteiger partial charge on any atom is -0.314 e. The molecule has 0 N–H and O–H groups in total. The number of rotatable bonds is 6. The molecule has 3 aliphatic rings. The van der Waals surface area contributed by atoms with Crippen molar-refractivity contribution in [1.82, 2.24) is 0 Å². The van der Waals surface area contributed by atoms with Crippen LogP contribution in [0.25, 0.3) is 43.4 Å². The molecule has 0 fully saturated rings. The number of hydrogen-bond acceptors (Lipinski definition) is 1. The van der Waals surface area contributed by atoms with E-state index in [-0.39, 0.29) is 0 Å². The van der Waals surface area contributed by atoms with Crippen LogP contribution in [0.5, 0.6) is 0 Å². The van der Waals surface area contributed by atoms with Crippen molar-refractivity contribution in [3.8, 4) is 11.1 Å². The Balaban J connectivity index is 1.09. The summed E-state index contributed by atoms with van der Waals surface area (Å²) in [6.07, 6.45) is 25.8. The predicted molar refractivity (Wildman–Crippen MR) is 210 cm³/mol. The Morgan fingerprint density at radius 2 is 1.10 bits per heavy atom. The topological polar surface area (TPSA) is 3.24 Å². The molecule has 0 heterocycles. The second-order valence-electron chi connectivity index (χ2n) is 13.5. The van der Waals surface area contributed by atoms with Gasteiger partial charge in [-0.3, -0.25) is 0 Å². The monoisotopic (exact) mass is 629 g/mol. The van der Waals surface area contributed by atoms with Crippen molar-refractivity contribution >= 4 is 43.7 Å². The van der Waals surface area contributed by atoms with Crippen molar-refractivity contribution < 1.29 is 0 Å². The molecule has 6 aromatic carbocycles. The number of benzene rings is 6. The molecule has 1 heteroatoms. The van der Waals surface area contributed by atoms with Crippen molar-refractivity contribution in [1.29, 1.82) is 0 Å². The van der Waals surface area contributed by atoms with E-state index < -0.39 is 0 Å². The van der Waals surface area contributed by atoms with Gasteiger partial charge in [-0.25, -0.2) is 0 Å². The van der Waals surface area contributed by atoms with E-state index in [1.807, 2.05) is 0 Å². The van der Waals surface area contributed by atoms with Gasteiger partial charge in [-0.1, -0.05) is 134 Å². The second kappa shape index (κ2) is 12.7. The van der Waals surface area contributed by atoms with Crippen LogP contribution in [-0.4, -0.2) is 0 Å². The zero-order valence-electron chi connectivity index (χ0n) is 27.7. The fourth-order valence-electron chi connectivity index (χ4n) is 8.02.